The van der Waals surface area contributed by atoms with Crippen LogP contribution >= 0.6 is 15.9 Å². The molecule has 0 aliphatic rings. The van der Waals surface area contributed by atoms with E-state index in [1.165, 1.54) is 27.0 Å². The average molecular weight is 353 g/mol. The Morgan fingerprint density at radius 2 is 1.62 bits per heavy atom. The maximum Gasteiger partial charge on any atom is 0.308 e. The second-order valence-corrected chi connectivity index (χ2v) is 5.20. The number of carbonyl (C=O) groups excluding carboxylic acids is 2. The fourth-order valence-electron chi connectivity index (χ4n) is 1.95. The van der Waals surface area contributed by atoms with Crippen LogP contribution in [0, 0.1) is 0 Å². The highest BCUT2D eigenvalue weighted by molar-refractivity contribution is 9.10. The van der Waals surface area contributed by atoms with Gasteiger partial charge in [-0.25, -0.2) is 0 Å². The second kappa shape index (κ2) is 6.13. The molecule has 6 heteroatoms. The molecule has 2 rings (SSSR count). The van der Waals surface area contributed by atoms with E-state index in [0.29, 0.717) is 28.0 Å². The Balaban J connectivity index is 2.77. The fourth-order valence-corrected chi connectivity index (χ4v) is 2.31. The minimum atomic E-state index is -0.460. The molecule has 5 nitrogen and oxygen atoms in total. The van der Waals surface area contributed by atoms with Crippen molar-refractivity contribution in [3.63, 3.8) is 0 Å². The molecule has 0 saturated heterocycles. The van der Waals surface area contributed by atoms with Gasteiger partial charge in [-0.3, -0.25) is 9.59 Å². The first kappa shape index (κ1) is 15.3. The van der Waals surface area contributed by atoms with Crippen LogP contribution in [0.3, 0.4) is 0 Å². The van der Waals surface area contributed by atoms with Crippen molar-refractivity contribution in [3.8, 4) is 17.2 Å². The quantitative estimate of drug-likeness (QED) is 0.625. The molecule has 2 aromatic rings. The van der Waals surface area contributed by atoms with Gasteiger partial charge in [-0.2, -0.15) is 0 Å². The van der Waals surface area contributed by atoms with Crippen molar-refractivity contribution in [1.82, 2.24) is 0 Å². The maximum atomic E-state index is 11.3. The van der Waals surface area contributed by atoms with Gasteiger partial charge >= 0.3 is 11.9 Å². The summed E-state index contributed by atoms with van der Waals surface area (Å²) in [5.74, 6) is 0.0440. The zero-order valence-electron chi connectivity index (χ0n) is 11.7. The zero-order chi connectivity index (χ0) is 15.6. The molecule has 0 spiro atoms. The van der Waals surface area contributed by atoms with Crippen LogP contribution in [0.15, 0.2) is 28.7 Å². The van der Waals surface area contributed by atoms with E-state index in [1.54, 1.807) is 18.2 Å². The van der Waals surface area contributed by atoms with Crippen molar-refractivity contribution >= 4 is 38.6 Å². The molecule has 0 N–H and O–H groups in total. The van der Waals surface area contributed by atoms with Crippen molar-refractivity contribution in [2.75, 3.05) is 7.11 Å². The van der Waals surface area contributed by atoms with E-state index in [-0.39, 0.29) is 0 Å². The molecule has 0 aliphatic carbocycles. The van der Waals surface area contributed by atoms with E-state index >= 15 is 0 Å². The zero-order valence-corrected chi connectivity index (χ0v) is 13.3. The van der Waals surface area contributed by atoms with Crippen LogP contribution in [0.25, 0.3) is 10.8 Å². The largest absolute Gasteiger partial charge is 0.493 e. The van der Waals surface area contributed by atoms with Gasteiger partial charge in [0.2, 0.25) is 0 Å². The summed E-state index contributed by atoms with van der Waals surface area (Å²) in [5.41, 5.74) is 0. The first-order chi connectivity index (χ1) is 9.92. The van der Waals surface area contributed by atoms with Crippen molar-refractivity contribution in [3.05, 3.63) is 28.7 Å². The van der Waals surface area contributed by atoms with E-state index < -0.39 is 11.9 Å². The highest BCUT2D eigenvalue weighted by Crippen LogP contribution is 2.42. The summed E-state index contributed by atoms with van der Waals surface area (Å²) < 4.78 is 16.5. The first-order valence-corrected chi connectivity index (χ1v) is 6.88. The molecule has 0 heterocycles. The average Bonchev–Trinajstić information content (AvgIpc) is 2.40. The molecule has 0 atom stereocenters. The summed E-state index contributed by atoms with van der Waals surface area (Å²) >= 11 is 3.36. The van der Waals surface area contributed by atoms with Crippen LogP contribution < -0.4 is 14.2 Å². The van der Waals surface area contributed by atoms with E-state index in [2.05, 4.69) is 15.9 Å². The molecule has 21 heavy (non-hydrogen) atoms. The van der Waals surface area contributed by atoms with Crippen LogP contribution in [0.4, 0.5) is 0 Å². The van der Waals surface area contributed by atoms with Gasteiger partial charge in [-0.15, -0.1) is 0 Å². The molecule has 2 aromatic carbocycles. The number of halogens is 1. The van der Waals surface area contributed by atoms with Crippen LogP contribution in [0.5, 0.6) is 17.2 Å². The molecule has 110 valence electrons. The van der Waals surface area contributed by atoms with Crippen LogP contribution in [-0.4, -0.2) is 19.0 Å². The highest BCUT2D eigenvalue weighted by atomic mass is 79.9. The lowest BCUT2D eigenvalue weighted by molar-refractivity contribution is -0.133. The number of rotatable bonds is 3. The normalized spacial score (nSPS) is 10.3. The molecule has 0 radical (unpaired) electrons. The number of benzene rings is 2. The fraction of sp³-hybridized carbons (Fsp3) is 0.200. The molecule has 0 unspecified atom stereocenters. The number of fused-ring (bicyclic) bond motifs is 1. The van der Waals surface area contributed by atoms with Crippen molar-refractivity contribution < 1.29 is 23.8 Å². The van der Waals surface area contributed by atoms with Gasteiger partial charge in [-0.05, 0) is 18.2 Å². The highest BCUT2D eigenvalue weighted by Gasteiger charge is 2.18. The summed E-state index contributed by atoms with van der Waals surface area (Å²) in [6.07, 6.45) is 0. The topological polar surface area (TPSA) is 61.8 Å². The molecular formula is C15H13BrO5. The summed E-state index contributed by atoms with van der Waals surface area (Å²) in [7, 11) is 1.45. The number of ether oxygens (including phenoxy) is 3. The molecule has 0 aliphatic heterocycles. The van der Waals surface area contributed by atoms with Gasteiger partial charge in [0.05, 0.1) is 7.11 Å². The van der Waals surface area contributed by atoms with Gasteiger partial charge < -0.3 is 14.2 Å². The van der Waals surface area contributed by atoms with Crippen LogP contribution in [0.2, 0.25) is 0 Å². The Labute approximate surface area is 129 Å². The Bertz CT molecular complexity index is 724. The minimum absolute atomic E-state index is 0.295. The molecule has 0 bridgehead atoms. The smallest absolute Gasteiger partial charge is 0.308 e. The third-order valence-electron chi connectivity index (χ3n) is 2.70. The lowest BCUT2D eigenvalue weighted by Crippen LogP contribution is -2.06. The predicted octanol–water partition coefficient (Wildman–Crippen LogP) is 3.46. The molecule has 0 aromatic heterocycles. The number of hydrogen-bond donors (Lipinski definition) is 0. The Kier molecular flexibility index (Phi) is 4.47. The number of hydrogen-bond acceptors (Lipinski definition) is 5. The third-order valence-corrected chi connectivity index (χ3v) is 3.19. The molecule has 0 fully saturated rings. The lowest BCUT2D eigenvalue weighted by Gasteiger charge is -2.14. The van der Waals surface area contributed by atoms with Crippen molar-refractivity contribution in [2.24, 2.45) is 0 Å². The first-order valence-electron chi connectivity index (χ1n) is 6.09. The monoisotopic (exact) mass is 352 g/mol. The molecular weight excluding hydrogens is 340 g/mol. The standard InChI is InChI=1S/C15H13BrO5/c1-8(17)20-13-7-14(19-3)15(21-9(2)18)11-5-4-10(16)6-12(11)13/h4-7H,1-3H3. The van der Waals surface area contributed by atoms with Gasteiger partial charge in [0.25, 0.3) is 0 Å². The SMILES string of the molecule is COc1cc(OC(C)=O)c2cc(Br)ccc2c1OC(C)=O. The number of methoxy groups -OCH3 is 1. The Morgan fingerprint density at radius 1 is 0.952 bits per heavy atom. The van der Waals surface area contributed by atoms with Crippen LogP contribution in [-0.2, 0) is 9.59 Å². The summed E-state index contributed by atoms with van der Waals surface area (Å²) in [6.45, 7) is 2.63. The lowest BCUT2D eigenvalue weighted by atomic mass is 10.1. The Morgan fingerprint density at radius 3 is 2.19 bits per heavy atom. The molecule has 0 amide bonds. The Hall–Kier alpha value is -2.08. The van der Waals surface area contributed by atoms with Gasteiger partial charge in [0.15, 0.2) is 11.5 Å². The van der Waals surface area contributed by atoms with Crippen molar-refractivity contribution in [2.45, 2.75) is 13.8 Å². The summed E-state index contributed by atoms with van der Waals surface area (Å²) in [5, 5.41) is 1.25. The third kappa shape index (κ3) is 3.33. The van der Waals surface area contributed by atoms with Gasteiger partial charge in [-0.1, -0.05) is 15.9 Å². The second-order valence-electron chi connectivity index (χ2n) is 4.28. The van der Waals surface area contributed by atoms with Crippen molar-refractivity contribution in [1.29, 1.82) is 0 Å². The maximum absolute atomic E-state index is 11.3. The van der Waals surface area contributed by atoms with E-state index in [4.69, 9.17) is 14.2 Å². The number of carbonyl (C=O) groups is 2. The van der Waals surface area contributed by atoms with Gasteiger partial charge in [0.1, 0.15) is 5.75 Å². The van der Waals surface area contributed by atoms with E-state index in [0.717, 1.165) is 4.47 Å². The summed E-state index contributed by atoms with van der Waals surface area (Å²) in [6, 6.07) is 6.86. The van der Waals surface area contributed by atoms with Gasteiger partial charge in [0, 0.05) is 35.2 Å². The van der Waals surface area contributed by atoms with Crippen LogP contribution in [0.1, 0.15) is 13.8 Å². The summed E-state index contributed by atoms with van der Waals surface area (Å²) in [4.78, 5) is 22.5. The minimum Gasteiger partial charge on any atom is -0.493 e. The molecule has 0 saturated carbocycles. The van der Waals surface area contributed by atoms with E-state index in [1.807, 2.05) is 0 Å². The number of esters is 2. The predicted molar refractivity (Wildman–Crippen MR) is 80.8 cm³/mol. The van der Waals surface area contributed by atoms with E-state index in [9.17, 15) is 9.59 Å².